The molecule has 3 heteroatoms. The van der Waals surface area contributed by atoms with E-state index in [4.69, 9.17) is 0 Å². The standard InChI is InChI=1S/C14H22FNS/c1-3-9-16(10-4-2)11-12-17-14-7-5-13(15)6-8-14/h5-8H,3-4,9-12H2,1-2H3. The second-order valence-corrected chi connectivity index (χ2v) is 5.31. The van der Waals surface area contributed by atoms with Crippen LogP contribution < -0.4 is 0 Å². The van der Waals surface area contributed by atoms with Crippen molar-refractivity contribution >= 4 is 11.8 Å². The molecule has 0 amide bonds. The highest BCUT2D eigenvalue weighted by atomic mass is 32.2. The molecule has 1 aromatic carbocycles. The smallest absolute Gasteiger partial charge is 0.123 e. The van der Waals surface area contributed by atoms with Crippen LogP contribution in [0.25, 0.3) is 0 Å². The van der Waals surface area contributed by atoms with E-state index in [0.29, 0.717) is 0 Å². The Balaban J connectivity index is 2.27. The van der Waals surface area contributed by atoms with Crippen LogP contribution in [0.5, 0.6) is 0 Å². The lowest BCUT2D eigenvalue weighted by atomic mass is 10.3. The summed E-state index contributed by atoms with van der Waals surface area (Å²) < 4.78 is 12.7. The molecule has 0 aromatic heterocycles. The zero-order valence-corrected chi connectivity index (χ0v) is 11.6. The maximum atomic E-state index is 12.7. The minimum atomic E-state index is -0.159. The predicted molar refractivity (Wildman–Crippen MR) is 74.1 cm³/mol. The normalized spacial score (nSPS) is 11.1. The van der Waals surface area contributed by atoms with Crippen LogP contribution in [0.1, 0.15) is 26.7 Å². The van der Waals surface area contributed by atoms with Gasteiger partial charge in [0, 0.05) is 17.2 Å². The summed E-state index contributed by atoms with van der Waals surface area (Å²) in [7, 11) is 0. The fraction of sp³-hybridized carbons (Fsp3) is 0.571. The largest absolute Gasteiger partial charge is 0.303 e. The Bertz CT molecular complexity index is 294. The summed E-state index contributed by atoms with van der Waals surface area (Å²) in [6.07, 6.45) is 2.42. The minimum Gasteiger partial charge on any atom is -0.303 e. The molecule has 0 spiro atoms. The van der Waals surface area contributed by atoms with Crippen molar-refractivity contribution in [2.45, 2.75) is 31.6 Å². The molecule has 0 aliphatic rings. The molecule has 0 unspecified atom stereocenters. The van der Waals surface area contributed by atoms with Gasteiger partial charge in [-0.3, -0.25) is 0 Å². The first-order valence-electron chi connectivity index (χ1n) is 6.37. The van der Waals surface area contributed by atoms with Gasteiger partial charge in [0.2, 0.25) is 0 Å². The number of thioether (sulfide) groups is 1. The molecule has 0 fully saturated rings. The van der Waals surface area contributed by atoms with Crippen molar-refractivity contribution in [2.75, 3.05) is 25.4 Å². The van der Waals surface area contributed by atoms with E-state index in [0.717, 1.165) is 17.2 Å². The van der Waals surface area contributed by atoms with Crippen molar-refractivity contribution in [1.82, 2.24) is 4.90 Å². The molecule has 0 aliphatic carbocycles. The summed E-state index contributed by atoms with van der Waals surface area (Å²) >= 11 is 1.80. The van der Waals surface area contributed by atoms with Gasteiger partial charge in [0.05, 0.1) is 0 Å². The summed E-state index contributed by atoms with van der Waals surface area (Å²) in [6.45, 7) is 7.91. The third-order valence-electron chi connectivity index (χ3n) is 2.57. The average Bonchev–Trinajstić information content (AvgIpc) is 2.32. The van der Waals surface area contributed by atoms with Crippen molar-refractivity contribution < 1.29 is 4.39 Å². The molecule has 1 nitrogen and oxygen atoms in total. The van der Waals surface area contributed by atoms with E-state index in [1.165, 1.54) is 38.1 Å². The number of benzene rings is 1. The lowest BCUT2D eigenvalue weighted by Gasteiger charge is -2.20. The Hall–Kier alpha value is -0.540. The molecular formula is C14H22FNS. The fourth-order valence-electron chi connectivity index (χ4n) is 1.79. The highest BCUT2D eigenvalue weighted by Crippen LogP contribution is 2.18. The van der Waals surface area contributed by atoms with Gasteiger partial charge in [0.1, 0.15) is 5.82 Å². The number of nitrogens with zero attached hydrogens (tertiary/aromatic N) is 1. The Morgan fingerprint density at radius 3 is 2.12 bits per heavy atom. The van der Waals surface area contributed by atoms with Crippen LogP contribution >= 0.6 is 11.8 Å². The third kappa shape index (κ3) is 6.08. The van der Waals surface area contributed by atoms with Crippen molar-refractivity contribution in [3.63, 3.8) is 0 Å². The Kier molecular flexibility index (Phi) is 7.29. The van der Waals surface area contributed by atoms with Crippen LogP contribution in [0.15, 0.2) is 29.2 Å². The van der Waals surface area contributed by atoms with Crippen LogP contribution in [-0.4, -0.2) is 30.3 Å². The van der Waals surface area contributed by atoms with Crippen molar-refractivity contribution in [3.8, 4) is 0 Å². The van der Waals surface area contributed by atoms with Gasteiger partial charge < -0.3 is 4.90 Å². The van der Waals surface area contributed by atoms with Gasteiger partial charge in [-0.15, -0.1) is 11.8 Å². The minimum absolute atomic E-state index is 0.159. The van der Waals surface area contributed by atoms with Crippen molar-refractivity contribution in [2.24, 2.45) is 0 Å². The summed E-state index contributed by atoms with van der Waals surface area (Å²) in [6, 6.07) is 6.75. The van der Waals surface area contributed by atoms with E-state index >= 15 is 0 Å². The summed E-state index contributed by atoms with van der Waals surface area (Å²) in [5.74, 6) is 0.916. The lowest BCUT2D eigenvalue weighted by molar-refractivity contribution is 0.292. The first kappa shape index (κ1) is 14.5. The second kappa shape index (κ2) is 8.54. The topological polar surface area (TPSA) is 3.24 Å². The molecule has 0 saturated heterocycles. The molecule has 17 heavy (non-hydrogen) atoms. The van der Waals surface area contributed by atoms with E-state index in [2.05, 4.69) is 18.7 Å². The molecule has 1 rings (SSSR count). The highest BCUT2D eigenvalue weighted by molar-refractivity contribution is 7.99. The van der Waals surface area contributed by atoms with E-state index < -0.39 is 0 Å². The number of rotatable bonds is 8. The van der Waals surface area contributed by atoms with E-state index in [1.807, 2.05) is 12.1 Å². The number of halogens is 1. The molecule has 0 atom stereocenters. The summed E-state index contributed by atoms with van der Waals surface area (Å²) in [5.41, 5.74) is 0. The van der Waals surface area contributed by atoms with Crippen LogP contribution in [0, 0.1) is 5.82 Å². The van der Waals surface area contributed by atoms with Gasteiger partial charge in [-0.05, 0) is 50.2 Å². The van der Waals surface area contributed by atoms with Crippen LogP contribution in [0.2, 0.25) is 0 Å². The van der Waals surface area contributed by atoms with Gasteiger partial charge in [0.25, 0.3) is 0 Å². The Morgan fingerprint density at radius 2 is 1.59 bits per heavy atom. The molecule has 1 aromatic rings. The quantitative estimate of drug-likeness (QED) is 0.645. The Labute approximate surface area is 108 Å². The monoisotopic (exact) mass is 255 g/mol. The summed E-state index contributed by atoms with van der Waals surface area (Å²) in [4.78, 5) is 3.65. The maximum absolute atomic E-state index is 12.7. The number of hydrogen-bond acceptors (Lipinski definition) is 2. The fourth-order valence-corrected chi connectivity index (χ4v) is 2.71. The van der Waals surface area contributed by atoms with Crippen LogP contribution in [0.3, 0.4) is 0 Å². The van der Waals surface area contributed by atoms with E-state index in [1.54, 1.807) is 11.8 Å². The molecule has 96 valence electrons. The molecule has 0 N–H and O–H groups in total. The molecule has 0 bridgehead atoms. The predicted octanol–water partition coefficient (Wildman–Crippen LogP) is 4.04. The highest BCUT2D eigenvalue weighted by Gasteiger charge is 2.02. The molecule has 0 aliphatic heterocycles. The SMILES string of the molecule is CCCN(CCC)CCSc1ccc(F)cc1. The van der Waals surface area contributed by atoms with Crippen LogP contribution in [-0.2, 0) is 0 Å². The Morgan fingerprint density at radius 1 is 1.00 bits per heavy atom. The lowest BCUT2D eigenvalue weighted by Crippen LogP contribution is -2.27. The molecule has 0 heterocycles. The first-order chi connectivity index (χ1) is 8.26. The van der Waals surface area contributed by atoms with Gasteiger partial charge in [0.15, 0.2) is 0 Å². The van der Waals surface area contributed by atoms with Crippen molar-refractivity contribution in [1.29, 1.82) is 0 Å². The maximum Gasteiger partial charge on any atom is 0.123 e. The number of hydrogen-bond donors (Lipinski definition) is 0. The zero-order valence-electron chi connectivity index (χ0n) is 10.8. The second-order valence-electron chi connectivity index (χ2n) is 4.14. The van der Waals surface area contributed by atoms with Crippen LogP contribution in [0.4, 0.5) is 4.39 Å². The van der Waals surface area contributed by atoms with Gasteiger partial charge >= 0.3 is 0 Å². The molecule has 0 saturated carbocycles. The third-order valence-corrected chi connectivity index (χ3v) is 3.56. The zero-order chi connectivity index (χ0) is 12.5. The average molecular weight is 255 g/mol. The van der Waals surface area contributed by atoms with Crippen molar-refractivity contribution in [3.05, 3.63) is 30.1 Å². The van der Waals surface area contributed by atoms with Gasteiger partial charge in [-0.25, -0.2) is 4.39 Å². The van der Waals surface area contributed by atoms with Gasteiger partial charge in [-0.1, -0.05) is 13.8 Å². The van der Waals surface area contributed by atoms with Gasteiger partial charge in [-0.2, -0.15) is 0 Å². The molecular weight excluding hydrogens is 233 g/mol. The van der Waals surface area contributed by atoms with E-state index in [-0.39, 0.29) is 5.82 Å². The molecule has 0 radical (unpaired) electrons. The van der Waals surface area contributed by atoms with E-state index in [9.17, 15) is 4.39 Å². The summed E-state index contributed by atoms with van der Waals surface area (Å²) in [5, 5.41) is 0. The first-order valence-corrected chi connectivity index (χ1v) is 7.35.